The van der Waals surface area contributed by atoms with E-state index >= 15 is 0 Å². The van der Waals surface area contributed by atoms with E-state index in [0.717, 1.165) is 0 Å². The van der Waals surface area contributed by atoms with Gasteiger partial charge in [0.05, 0.1) is 13.2 Å². The SMILES string of the molecule is [C-]#[N+]C(=O)C(=C=[N-])C(=O)OCC. The molecule has 1 amide bonds. The Morgan fingerprint density at radius 2 is 2.25 bits per heavy atom. The normalized spacial score (nSPS) is 7.67. The molecule has 0 aromatic carbocycles. The number of hydrogen-bond donors (Lipinski definition) is 0. The zero-order valence-corrected chi connectivity index (χ0v) is 6.33. The van der Waals surface area contributed by atoms with Crippen molar-refractivity contribution in [2.24, 2.45) is 0 Å². The van der Waals surface area contributed by atoms with Crippen molar-refractivity contribution in [3.63, 3.8) is 0 Å². The van der Waals surface area contributed by atoms with Crippen LogP contribution in [0.5, 0.6) is 0 Å². The minimum atomic E-state index is -1.18. The van der Waals surface area contributed by atoms with Gasteiger partial charge in [-0.1, -0.05) is 0 Å². The summed E-state index contributed by atoms with van der Waals surface area (Å²) in [6.45, 7) is 7.87. The Labute approximate surface area is 69.0 Å². The number of carbonyl (C=O) groups is 2. The molecule has 0 rings (SSSR count). The highest BCUT2D eigenvalue weighted by atomic mass is 16.5. The highest BCUT2D eigenvalue weighted by Crippen LogP contribution is 1.96. The summed E-state index contributed by atoms with van der Waals surface area (Å²) in [7, 11) is 0. The molecule has 5 heteroatoms. The number of esters is 1. The van der Waals surface area contributed by atoms with Gasteiger partial charge in [-0.25, -0.2) is 4.79 Å². The van der Waals surface area contributed by atoms with Gasteiger partial charge in [-0.15, -0.1) is 0 Å². The van der Waals surface area contributed by atoms with Gasteiger partial charge in [0, 0.05) is 0 Å². The average molecular weight is 165 g/mol. The molecule has 0 N–H and O–H groups in total. The molecule has 0 bridgehead atoms. The molecule has 0 unspecified atom stereocenters. The second kappa shape index (κ2) is 4.83. The quantitative estimate of drug-likeness (QED) is 0.149. The second-order valence-electron chi connectivity index (χ2n) is 1.62. The van der Waals surface area contributed by atoms with Crippen LogP contribution in [0.15, 0.2) is 5.57 Å². The molecule has 0 aromatic heterocycles. The molecule has 0 atom stereocenters. The van der Waals surface area contributed by atoms with Gasteiger partial charge in [-0.2, -0.15) is 4.85 Å². The Hall–Kier alpha value is -1.92. The zero-order chi connectivity index (χ0) is 9.56. The number of rotatable bonds is 3. The van der Waals surface area contributed by atoms with Crippen LogP contribution in [0, 0.1) is 6.57 Å². The Morgan fingerprint density at radius 3 is 2.58 bits per heavy atom. The molecule has 12 heavy (non-hydrogen) atoms. The molecule has 0 aliphatic carbocycles. The van der Waals surface area contributed by atoms with Crippen molar-refractivity contribution in [1.82, 2.24) is 0 Å². The third-order valence-electron chi connectivity index (χ3n) is 0.907. The summed E-state index contributed by atoms with van der Waals surface area (Å²) < 4.78 is 4.36. The van der Waals surface area contributed by atoms with Crippen LogP contribution in [0.4, 0.5) is 0 Å². The molecule has 0 aromatic rings. The maximum Gasteiger partial charge on any atom is 0.399 e. The molecule has 62 valence electrons. The Kier molecular flexibility index (Phi) is 4.06. The van der Waals surface area contributed by atoms with Crippen molar-refractivity contribution in [3.8, 4) is 0 Å². The lowest BCUT2D eigenvalue weighted by molar-refractivity contribution is -0.139. The highest BCUT2D eigenvalue weighted by molar-refractivity contribution is 6.26. The topological polar surface area (TPSA) is 70.0 Å². The summed E-state index contributed by atoms with van der Waals surface area (Å²) >= 11 is 0. The van der Waals surface area contributed by atoms with Crippen molar-refractivity contribution in [2.45, 2.75) is 6.92 Å². The fourth-order valence-corrected chi connectivity index (χ4v) is 0.440. The van der Waals surface area contributed by atoms with Gasteiger partial charge >= 0.3 is 11.9 Å². The van der Waals surface area contributed by atoms with E-state index in [2.05, 4.69) is 9.58 Å². The van der Waals surface area contributed by atoms with Crippen LogP contribution in [0.1, 0.15) is 6.92 Å². The summed E-state index contributed by atoms with van der Waals surface area (Å²) in [6, 6.07) is 0. The third kappa shape index (κ3) is 2.37. The Balaban J connectivity index is 4.63. The van der Waals surface area contributed by atoms with Crippen molar-refractivity contribution < 1.29 is 14.3 Å². The van der Waals surface area contributed by atoms with E-state index in [9.17, 15) is 9.59 Å². The number of nitrogens with zero attached hydrogens (tertiary/aromatic N) is 2. The number of ether oxygens (including phenoxy) is 1. The van der Waals surface area contributed by atoms with Crippen molar-refractivity contribution in [3.05, 3.63) is 22.4 Å². The molecule has 0 aliphatic heterocycles. The molecule has 5 nitrogen and oxygen atoms in total. The van der Waals surface area contributed by atoms with E-state index in [1.54, 1.807) is 0 Å². The summed E-state index contributed by atoms with van der Waals surface area (Å²) in [5.41, 5.74) is -0.771. The van der Waals surface area contributed by atoms with Crippen LogP contribution in [0.3, 0.4) is 0 Å². The molecule has 0 heterocycles. The third-order valence-corrected chi connectivity index (χ3v) is 0.907. The lowest BCUT2D eigenvalue weighted by Gasteiger charge is -1.99. The predicted molar refractivity (Wildman–Crippen MR) is 40.1 cm³/mol. The van der Waals surface area contributed by atoms with Gasteiger partial charge in [0.15, 0.2) is 0 Å². The maximum atomic E-state index is 10.7. The van der Waals surface area contributed by atoms with E-state index in [1.165, 1.54) is 12.8 Å². The van der Waals surface area contributed by atoms with Crippen molar-refractivity contribution in [2.75, 3.05) is 6.61 Å². The highest BCUT2D eigenvalue weighted by Gasteiger charge is 2.16. The molecule has 0 fully saturated rings. The van der Waals surface area contributed by atoms with E-state index < -0.39 is 17.4 Å². The molecule has 0 radical (unpaired) electrons. The molecule has 0 aliphatic rings. The second-order valence-corrected chi connectivity index (χ2v) is 1.62. The van der Waals surface area contributed by atoms with Crippen molar-refractivity contribution in [1.29, 1.82) is 0 Å². The first-order valence-electron chi connectivity index (χ1n) is 3.03. The summed E-state index contributed by atoms with van der Waals surface area (Å²) in [5.74, 6) is -0.909. The molecular weight excluding hydrogens is 160 g/mol. The summed E-state index contributed by atoms with van der Waals surface area (Å²) in [5, 5.41) is 8.27. The first-order valence-corrected chi connectivity index (χ1v) is 3.03. The van der Waals surface area contributed by atoms with Crippen LogP contribution >= 0.6 is 0 Å². The fourth-order valence-electron chi connectivity index (χ4n) is 0.440. The first-order chi connectivity index (χ1) is 5.67. The number of carbonyl (C=O) groups excluding carboxylic acids is 2. The van der Waals surface area contributed by atoms with E-state index in [0.29, 0.717) is 0 Å². The van der Waals surface area contributed by atoms with Gasteiger partial charge in [0.25, 0.3) is 0 Å². The van der Waals surface area contributed by atoms with Crippen LogP contribution in [0.2, 0.25) is 0 Å². The number of hydrogen-bond acceptors (Lipinski definition) is 3. The standard InChI is InChI=1S/C7H5N2O3/c1-3-12-7(11)5(4-8)6(10)9-2/h3H2,1H3/q-1. The van der Waals surface area contributed by atoms with Gasteiger partial charge < -0.3 is 14.9 Å². The predicted octanol–water partition coefficient (Wildman–Crippen LogP) is 0.161. The van der Waals surface area contributed by atoms with Gasteiger partial charge in [0.2, 0.25) is 0 Å². The average Bonchev–Trinajstić information content (AvgIpc) is 2.06. The molecule has 0 saturated carbocycles. The molecular formula is C7H5N2O3-. The van der Waals surface area contributed by atoms with Gasteiger partial charge in [-0.3, -0.25) is 5.87 Å². The minimum Gasteiger partial charge on any atom is -0.764 e. The van der Waals surface area contributed by atoms with Crippen molar-refractivity contribution >= 4 is 17.7 Å². The van der Waals surface area contributed by atoms with Gasteiger partial charge in [-0.05, 0) is 6.92 Å². The lowest BCUT2D eigenvalue weighted by atomic mass is 10.3. The smallest absolute Gasteiger partial charge is 0.399 e. The summed E-state index contributed by atoms with van der Waals surface area (Å²) in [4.78, 5) is 23.7. The first kappa shape index (κ1) is 10.1. The Morgan fingerprint density at radius 1 is 1.67 bits per heavy atom. The van der Waals surface area contributed by atoms with E-state index in [-0.39, 0.29) is 6.61 Å². The molecule has 0 spiro atoms. The zero-order valence-electron chi connectivity index (χ0n) is 6.33. The lowest BCUT2D eigenvalue weighted by Crippen LogP contribution is -2.13. The fraction of sp³-hybridized carbons (Fsp3) is 0.286. The minimum absolute atomic E-state index is 0.0648. The molecule has 0 saturated heterocycles. The van der Waals surface area contributed by atoms with Crippen LogP contribution < -0.4 is 0 Å². The van der Waals surface area contributed by atoms with Crippen LogP contribution in [-0.4, -0.2) is 24.4 Å². The summed E-state index contributed by atoms with van der Waals surface area (Å²) in [6.07, 6.45) is 0. The van der Waals surface area contributed by atoms with Gasteiger partial charge in [0.1, 0.15) is 5.57 Å². The van der Waals surface area contributed by atoms with E-state index in [4.69, 9.17) is 12.0 Å². The van der Waals surface area contributed by atoms with Crippen LogP contribution in [-0.2, 0) is 14.3 Å². The van der Waals surface area contributed by atoms with Crippen LogP contribution in [0.25, 0.3) is 10.3 Å². The van der Waals surface area contributed by atoms with E-state index in [1.807, 2.05) is 0 Å². The maximum absolute atomic E-state index is 10.7. The number of amides is 1. The monoisotopic (exact) mass is 165 g/mol. The Bertz CT molecular complexity index is 294. The largest absolute Gasteiger partial charge is 0.764 e.